The number of nitrogens with one attached hydrogen (secondary N) is 1. The summed E-state index contributed by atoms with van der Waals surface area (Å²) in [5.74, 6) is 2.40. The lowest BCUT2D eigenvalue weighted by Gasteiger charge is -2.32. The van der Waals surface area contributed by atoms with Crippen molar-refractivity contribution in [3.05, 3.63) is 47.5 Å². The molecule has 5 rings (SSSR count). The molecule has 0 unspecified atom stereocenters. The van der Waals surface area contributed by atoms with Crippen molar-refractivity contribution in [1.29, 1.82) is 0 Å². The van der Waals surface area contributed by atoms with Gasteiger partial charge in [-0.15, -0.1) is 0 Å². The molecular weight excluding hydrogens is 454 g/mol. The Morgan fingerprint density at radius 3 is 2.50 bits per heavy atom. The van der Waals surface area contributed by atoms with Gasteiger partial charge in [0.15, 0.2) is 17.3 Å². The molecule has 0 amide bonds. The van der Waals surface area contributed by atoms with Crippen molar-refractivity contribution in [2.45, 2.75) is 71.4 Å². The number of carbonyl (C=O) groups excluding carboxylic acids is 1. The quantitative estimate of drug-likeness (QED) is 0.139. The molecule has 2 aliphatic carbocycles. The van der Waals surface area contributed by atoms with Crippen LogP contribution in [0.1, 0.15) is 80.8 Å². The second kappa shape index (κ2) is 10.2. The van der Waals surface area contributed by atoms with Gasteiger partial charge in [0.1, 0.15) is 5.52 Å². The number of carbonyl (C=O) groups is 1. The molecule has 0 spiro atoms. The minimum absolute atomic E-state index is 0.0863. The average Bonchev–Trinajstić information content (AvgIpc) is 3.22. The Morgan fingerprint density at radius 2 is 1.86 bits per heavy atom. The number of amidine groups is 1. The molecule has 2 fully saturated rings. The molecule has 2 aliphatic rings. The number of fused-ring (bicyclic) bond motifs is 1. The van der Waals surface area contributed by atoms with Gasteiger partial charge in [-0.1, -0.05) is 61.7 Å². The molecule has 0 aliphatic heterocycles. The van der Waals surface area contributed by atoms with Crippen LogP contribution in [0, 0.1) is 17.8 Å². The number of benzene rings is 1. The molecule has 190 valence electrons. The molecule has 0 saturated heterocycles. The van der Waals surface area contributed by atoms with E-state index in [1.54, 1.807) is 12.1 Å². The van der Waals surface area contributed by atoms with Crippen LogP contribution < -0.4 is 11.1 Å². The number of hydrogen-bond donors (Lipinski definition) is 3. The number of nitrogens with zero attached hydrogens (tertiary/aromatic N) is 5. The van der Waals surface area contributed by atoms with Gasteiger partial charge in [-0.05, 0) is 50.4 Å². The first-order valence-corrected chi connectivity index (χ1v) is 13.1. The van der Waals surface area contributed by atoms with Gasteiger partial charge in [-0.25, -0.2) is 15.0 Å². The Kier molecular flexibility index (Phi) is 6.89. The van der Waals surface area contributed by atoms with Gasteiger partial charge in [0.25, 0.3) is 0 Å². The van der Waals surface area contributed by atoms with E-state index in [9.17, 15) is 10.0 Å². The molecule has 0 bridgehead atoms. The minimum Gasteiger partial charge on any atom is -0.409 e. The number of anilines is 1. The van der Waals surface area contributed by atoms with Crippen molar-refractivity contribution in [3.63, 3.8) is 0 Å². The predicted octanol–water partition coefficient (Wildman–Crippen LogP) is 4.58. The van der Waals surface area contributed by atoms with Crippen molar-refractivity contribution >= 4 is 28.6 Å². The molecule has 4 N–H and O–H groups in total. The van der Waals surface area contributed by atoms with E-state index < -0.39 is 0 Å². The van der Waals surface area contributed by atoms with Gasteiger partial charge in [0.05, 0.1) is 0 Å². The van der Waals surface area contributed by atoms with Gasteiger partial charge in [0, 0.05) is 18.2 Å². The van der Waals surface area contributed by atoms with Crippen LogP contribution in [0.5, 0.6) is 0 Å². The number of hydrogen-bond acceptors (Lipinski definition) is 7. The lowest BCUT2D eigenvalue weighted by molar-refractivity contribution is 0.102. The highest BCUT2D eigenvalue weighted by Crippen LogP contribution is 2.34. The molecule has 9 heteroatoms. The third-order valence-corrected chi connectivity index (χ3v) is 7.98. The van der Waals surface area contributed by atoms with Crippen molar-refractivity contribution < 1.29 is 10.0 Å². The van der Waals surface area contributed by atoms with Crippen LogP contribution in [-0.4, -0.2) is 42.4 Å². The van der Waals surface area contributed by atoms with Crippen LogP contribution in [0.4, 0.5) is 5.82 Å². The number of ketones is 1. The van der Waals surface area contributed by atoms with E-state index in [2.05, 4.69) is 34.3 Å². The average molecular weight is 490 g/mol. The molecule has 0 radical (unpaired) electrons. The molecule has 9 nitrogen and oxygen atoms in total. The second-order valence-corrected chi connectivity index (χ2v) is 10.5. The van der Waals surface area contributed by atoms with Gasteiger partial charge < -0.3 is 20.8 Å². The lowest BCUT2D eigenvalue weighted by atomic mass is 9.80. The van der Waals surface area contributed by atoms with Gasteiger partial charge in [-0.3, -0.25) is 4.79 Å². The predicted molar refractivity (Wildman–Crippen MR) is 139 cm³/mol. The van der Waals surface area contributed by atoms with Crippen LogP contribution in [0.3, 0.4) is 0 Å². The molecule has 1 atom stereocenters. The zero-order chi connectivity index (χ0) is 25.2. The number of nitrogens with two attached hydrogens (primary N) is 1. The van der Waals surface area contributed by atoms with E-state index in [4.69, 9.17) is 10.7 Å². The number of rotatable bonds is 8. The summed E-state index contributed by atoms with van der Waals surface area (Å²) in [7, 11) is 0. The number of aromatic nitrogens is 4. The van der Waals surface area contributed by atoms with Crippen molar-refractivity contribution in [2.24, 2.45) is 28.6 Å². The standard InChI is InChI=1S/C27H35N7O2/c1-16-11-13-18(14-12-16)15-34-21-24(29-17(2)19-9-6-10-19)30-26(23(28)33-36)31-25(21)32-27(34)22(35)20-7-4-3-5-8-20/h3-5,7-8,16-19,36H,6,9-15H2,1-2H3,(H2,28,33)(H,29,30,31)/t16?,17-,18?/m1/s1. The van der Waals surface area contributed by atoms with Crippen molar-refractivity contribution in [2.75, 3.05) is 5.32 Å². The third kappa shape index (κ3) is 4.79. The molecular formula is C27H35N7O2. The molecule has 2 aromatic heterocycles. The fourth-order valence-electron chi connectivity index (χ4n) is 5.41. The van der Waals surface area contributed by atoms with Crippen molar-refractivity contribution in [1.82, 2.24) is 19.5 Å². The zero-order valence-corrected chi connectivity index (χ0v) is 21.0. The first-order valence-electron chi connectivity index (χ1n) is 13.1. The Balaban J connectivity index is 1.64. The van der Waals surface area contributed by atoms with E-state index in [1.807, 2.05) is 22.8 Å². The van der Waals surface area contributed by atoms with Crippen LogP contribution in [-0.2, 0) is 6.54 Å². The number of imidazole rings is 1. The summed E-state index contributed by atoms with van der Waals surface area (Å²) in [6, 6.07) is 9.39. The Hall–Kier alpha value is -3.49. The Bertz CT molecular complexity index is 1260. The Labute approximate surface area is 211 Å². The van der Waals surface area contributed by atoms with Crippen LogP contribution in [0.25, 0.3) is 11.2 Å². The van der Waals surface area contributed by atoms with Gasteiger partial charge in [0.2, 0.25) is 17.4 Å². The van der Waals surface area contributed by atoms with Crippen LogP contribution in [0.15, 0.2) is 35.5 Å². The molecule has 2 heterocycles. The first-order chi connectivity index (χ1) is 17.4. The van der Waals surface area contributed by atoms with E-state index in [1.165, 1.54) is 32.1 Å². The fourth-order valence-corrected chi connectivity index (χ4v) is 5.41. The minimum atomic E-state index is -0.192. The first kappa shape index (κ1) is 24.2. The topological polar surface area (TPSA) is 131 Å². The monoisotopic (exact) mass is 489 g/mol. The summed E-state index contributed by atoms with van der Waals surface area (Å²) in [5.41, 5.74) is 7.54. The third-order valence-electron chi connectivity index (χ3n) is 7.98. The summed E-state index contributed by atoms with van der Waals surface area (Å²) < 4.78 is 2.01. The maximum atomic E-state index is 13.7. The molecule has 3 aromatic rings. The summed E-state index contributed by atoms with van der Waals surface area (Å²) in [6.07, 6.45) is 8.19. The van der Waals surface area contributed by atoms with Gasteiger partial charge >= 0.3 is 0 Å². The SMILES string of the molecule is CC1CCC(Cn2c(C(=O)c3ccccc3)nc3nc(C(N)=NO)nc(N[C@H](C)C4CCC4)c32)CC1. The summed E-state index contributed by atoms with van der Waals surface area (Å²) in [5, 5.41) is 16.0. The normalized spacial score (nSPS) is 21.8. The van der Waals surface area contributed by atoms with E-state index in [0.29, 0.717) is 46.8 Å². The van der Waals surface area contributed by atoms with Crippen molar-refractivity contribution in [3.8, 4) is 0 Å². The highest BCUT2D eigenvalue weighted by Gasteiger charge is 2.29. The molecule has 36 heavy (non-hydrogen) atoms. The summed E-state index contributed by atoms with van der Waals surface area (Å²) in [6.45, 7) is 5.13. The fraction of sp³-hybridized carbons (Fsp3) is 0.519. The molecule has 1 aromatic carbocycles. The number of oxime groups is 1. The maximum absolute atomic E-state index is 13.7. The summed E-state index contributed by atoms with van der Waals surface area (Å²) in [4.78, 5) is 27.5. The highest BCUT2D eigenvalue weighted by molar-refractivity contribution is 6.09. The lowest BCUT2D eigenvalue weighted by Crippen LogP contribution is -2.32. The second-order valence-electron chi connectivity index (χ2n) is 10.5. The van der Waals surface area contributed by atoms with Crippen LogP contribution >= 0.6 is 0 Å². The van der Waals surface area contributed by atoms with E-state index >= 15 is 0 Å². The molecule has 2 saturated carbocycles. The maximum Gasteiger partial charge on any atom is 0.228 e. The smallest absolute Gasteiger partial charge is 0.228 e. The highest BCUT2D eigenvalue weighted by atomic mass is 16.4. The zero-order valence-electron chi connectivity index (χ0n) is 21.0. The van der Waals surface area contributed by atoms with Gasteiger partial charge in [-0.2, -0.15) is 0 Å². The Morgan fingerprint density at radius 1 is 1.14 bits per heavy atom. The summed E-state index contributed by atoms with van der Waals surface area (Å²) >= 11 is 0. The van der Waals surface area contributed by atoms with E-state index in [-0.39, 0.29) is 23.5 Å². The van der Waals surface area contributed by atoms with Crippen LogP contribution in [0.2, 0.25) is 0 Å². The largest absolute Gasteiger partial charge is 0.409 e. The van der Waals surface area contributed by atoms with E-state index in [0.717, 1.165) is 18.8 Å².